The molecule has 0 spiro atoms. The maximum atomic E-state index is 5.91. The van der Waals surface area contributed by atoms with Crippen molar-refractivity contribution in [2.75, 3.05) is 5.73 Å². The lowest BCUT2D eigenvalue weighted by molar-refractivity contribution is 0.618. The highest BCUT2D eigenvalue weighted by Gasteiger charge is 2.11. The first kappa shape index (κ1) is 10.2. The van der Waals surface area contributed by atoms with Crippen molar-refractivity contribution in [3.8, 4) is 11.5 Å². The fourth-order valence-electron chi connectivity index (χ4n) is 1.85. The van der Waals surface area contributed by atoms with Gasteiger partial charge in [-0.2, -0.15) is 5.10 Å². The van der Waals surface area contributed by atoms with E-state index in [1.165, 1.54) is 0 Å². The van der Waals surface area contributed by atoms with Gasteiger partial charge in [0.1, 0.15) is 17.1 Å². The summed E-state index contributed by atoms with van der Waals surface area (Å²) in [6.07, 6.45) is 0. The number of nitrogen functional groups attached to an aromatic ring is 1. The van der Waals surface area contributed by atoms with Crippen molar-refractivity contribution < 1.29 is 4.42 Å². The molecule has 4 nitrogen and oxygen atoms in total. The minimum absolute atomic E-state index is 0.473. The second-order valence-electron chi connectivity index (χ2n) is 3.87. The van der Waals surface area contributed by atoms with Crippen molar-refractivity contribution in [1.82, 2.24) is 9.78 Å². The van der Waals surface area contributed by atoms with Crippen molar-refractivity contribution in [1.29, 1.82) is 0 Å². The van der Waals surface area contributed by atoms with Gasteiger partial charge in [-0.1, -0.05) is 11.6 Å². The van der Waals surface area contributed by atoms with Gasteiger partial charge in [-0.25, -0.2) is 0 Å². The number of furan rings is 1. The molecule has 86 valence electrons. The summed E-state index contributed by atoms with van der Waals surface area (Å²) in [5.41, 5.74) is 7.24. The van der Waals surface area contributed by atoms with Crippen LogP contribution in [-0.2, 0) is 7.05 Å². The topological polar surface area (TPSA) is 57.0 Å². The Labute approximate surface area is 103 Å². The molecule has 0 radical (unpaired) electrons. The summed E-state index contributed by atoms with van der Waals surface area (Å²) in [6, 6.07) is 9.27. The fourth-order valence-corrected chi connectivity index (χ4v) is 2.01. The van der Waals surface area contributed by atoms with Gasteiger partial charge in [-0.05, 0) is 18.2 Å². The van der Waals surface area contributed by atoms with Crippen molar-refractivity contribution in [2.24, 2.45) is 7.05 Å². The molecule has 5 heteroatoms. The van der Waals surface area contributed by atoms with Crippen LogP contribution in [0.15, 0.2) is 34.7 Å². The van der Waals surface area contributed by atoms with E-state index in [1.54, 1.807) is 16.8 Å². The van der Waals surface area contributed by atoms with Crippen molar-refractivity contribution in [3.63, 3.8) is 0 Å². The third-order valence-electron chi connectivity index (χ3n) is 2.63. The maximum absolute atomic E-state index is 5.91. The minimum atomic E-state index is 0.473. The number of aromatic nitrogens is 2. The molecule has 0 bridgehead atoms. The molecular formula is C12H10ClN3O. The first-order chi connectivity index (χ1) is 8.13. The molecule has 2 N–H and O–H groups in total. The number of benzene rings is 1. The van der Waals surface area contributed by atoms with E-state index in [4.69, 9.17) is 21.8 Å². The molecular weight excluding hydrogens is 238 g/mol. The van der Waals surface area contributed by atoms with Gasteiger partial charge in [0.15, 0.2) is 5.76 Å². The molecule has 2 heterocycles. The van der Waals surface area contributed by atoms with Crippen LogP contribution in [-0.4, -0.2) is 9.78 Å². The van der Waals surface area contributed by atoms with Crippen molar-refractivity contribution in [3.05, 3.63) is 35.4 Å². The normalized spacial score (nSPS) is 11.2. The van der Waals surface area contributed by atoms with Gasteiger partial charge in [-0.15, -0.1) is 0 Å². The molecule has 2 aromatic heterocycles. The van der Waals surface area contributed by atoms with Gasteiger partial charge >= 0.3 is 0 Å². The van der Waals surface area contributed by atoms with Crippen LogP contribution < -0.4 is 5.73 Å². The number of aryl methyl sites for hydroxylation is 1. The van der Waals surface area contributed by atoms with Crippen LogP contribution in [0.25, 0.3) is 22.4 Å². The van der Waals surface area contributed by atoms with E-state index < -0.39 is 0 Å². The Kier molecular flexibility index (Phi) is 2.12. The number of fused-ring (bicyclic) bond motifs is 1. The standard InChI is InChI=1S/C12H10ClN3O/c1-16-9(6-12(14)15-16)11-4-7-2-3-8(13)5-10(7)17-11/h2-6H,1H3,(H2,14,15). The van der Waals surface area contributed by atoms with Gasteiger partial charge in [0.25, 0.3) is 0 Å². The third kappa shape index (κ3) is 1.66. The van der Waals surface area contributed by atoms with Gasteiger partial charge in [0.2, 0.25) is 0 Å². The van der Waals surface area contributed by atoms with Gasteiger partial charge < -0.3 is 10.2 Å². The summed E-state index contributed by atoms with van der Waals surface area (Å²) in [7, 11) is 1.83. The molecule has 3 rings (SSSR count). The molecule has 0 aliphatic heterocycles. The summed E-state index contributed by atoms with van der Waals surface area (Å²) >= 11 is 5.91. The average Bonchev–Trinajstić information content (AvgIpc) is 2.80. The Morgan fingerprint density at radius 2 is 2.12 bits per heavy atom. The van der Waals surface area contributed by atoms with Crippen LogP contribution in [0.4, 0.5) is 5.82 Å². The Morgan fingerprint density at radius 1 is 1.29 bits per heavy atom. The highest BCUT2D eigenvalue weighted by atomic mass is 35.5. The zero-order valence-corrected chi connectivity index (χ0v) is 9.90. The van der Waals surface area contributed by atoms with E-state index in [-0.39, 0.29) is 0 Å². The van der Waals surface area contributed by atoms with Crippen LogP contribution in [0.2, 0.25) is 5.02 Å². The monoisotopic (exact) mass is 247 g/mol. The summed E-state index contributed by atoms with van der Waals surface area (Å²) < 4.78 is 7.42. The van der Waals surface area contributed by atoms with Crippen LogP contribution in [0.5, 0.6) is 0 Å². The number of nitrogens with zero attached hydrogens (tertiary/aromatic N) is 2. The lowest BCUT2D eigenvalue weighted by Gasteiger charge is -1.95. The predicted octanol–water partition coefficient (Wildman–Crippen LogP) is 3.07. The molecule has 17 heavy (non-hydrogen) atoms. The Balaban J connectivity index is 2.21. The molecule has 0 unspecified atom stereocenters. The summed E-state index contributed by atoms with van der Waals surface area (Å²) in [5, 5.41) is 5.74. The van der Waals surface area contributed by atoms with Gasteiger partial charge in [0, 0.05) is 29.6 Å². The van der Waals surface area contributed by atoms with Crippen molar-refractivity contribution in [2.45, 2.75) is 0 Å². The van der Waals surface area contributed by atoms with E-state index >= 15 is 0 Å². The number of hydrogen-bond donors (Lipinski definition) is 1. The zero-order chi connectivity index (χ0) is 12.0. The van der Waals surface area contributed by atoms with E-state index in [0.29, 0.717) is 10.8 Å². The van der Waals surface area contributed by atoms with Crippen LogP contribution in [0, 0.1) is 0 Å². The van der Waals surface area contributed by atoms with E-state index in [0.717, 1.165) is 22.4 Å². The number of rotatable bonds is 1. The highest BCUT2D eigenvalue weighted by Crippen LogP contribution is 2.29. The van der Waals surface area contributed by atoms with Crippen LogP contribution >= 0.6 is 11.6 Å². The number of anilines is 1. The van der Waals surface area contributed by atoms with E-state index in [9.17, 15) is 0 Å². The molecule has 0 fully saturated rings. The largest absolute Gasteiger partial charge is 0.454 e. The first-order valence-corrected chi connectivity index (χ1v) is 5.50. The smallest absolute Gasteiger partial charge is 0.153 e. The molecule has 0 aliphatic rings. The zero-order valence-electron chi connectivity index (χ0n) is 9.14. The SMILES string of the molecule is Cn1nc(N)cc1-c1cc2ccc(Cl)cc2o1. The van der Waals surface area contributed by atoms with Gasteiger partial charge in [-0.3, -0.25) is 4.68 Å². The highest BCUT2D eigenvalue weighted by molar-refractivity contribution is 6.31. The maximum Gasteiger partial charge on any atom is 0.153 e. The van der Waals surface area contributed by atoms with Gasteiger partial charge in [0.05, 0.1) is 0 Å². The number of hydrogen-bond acceptors (Lipinski definition) is 3. The molecule has 0 amide bonds. The number of halogens is 1. The second-order valence-corrected chi connectivity index (χ2v) is 4.31. The number of nitrogens with two attached hydrogens (primary N) is 1. The van der Waals surface area contributed by atoms with Crippen LogP contribution in [0.1, 0.15) is 0 Å². The third-order valence-corrected chi connectivity index (χ3v) is 2.87. The Bertz CT molecular complexity index is 699. The summed E-state index contributed by atoms with van der Waals surface area (Å²) in [5.74, 6) is 1.20. The van der Waals surface area contributed by atoms with Crippen molar-refractivity contribution >= 4 is 28.4 Å². The summed E-state index contributed by atoms with van der Waals surface area (Å²) in [6.45, 7) is 0. The molecule has 0 saturated carbocycles. The predicted molar refractivity (Wildman–Crippen MR) is 67.8 cm³/mol. The summed E-state index contributed by atoms with van der Waals surface area (Å²) in [4.78, 5) is 0. The molecule has 0 saturated heterocycles. The fraction of sp³-hybridized carbons (Fsp3) is 0.0833. The average molecular weight is 248 g/mol. The lowest BCUT2D eigenvalue weighted by Crippen LogP contribution is -1.93. The van der Waals surface area contributed by atoms with E-state index in [1.807, 2.05) is 25.2 Å². The molecule has 3 aromatic rings. The quantitative estimate of drug-likeness (QED) is 0.719. The minimum Gasteiger partial charge on any atom is -0.454 e. The van der Waals surface area contributed by atoms with Crippen LogP contribution in [0.3, 0.4) is 0 Å². The molecule has 1 aromatic carbocycles. The molecule has 0 atom stereocenters. The Morgan fingerprint density at radius 3 is 2.82 bits per heavy atom. The lowest BCUT2D eigenvalue weighted by atomic mass is 10.2. The second kappa shape index (κ2) is 3.53. The van der Waals surface area contributed by atoms with E-state index in [2.05, 4.69) is 5.10 Å². The molecule has 0 aliphatic carbocycles. The first-order valence-electron chi connectivity index (χ1n) is 5.12. The Hall–Kier alpha value is -1.94.